The van der Waals surface area contributed by atoms with Crippen molar-refractivity contribution in [1.29, 1.82) is 0 Å². The van der Waals surface area contributed by atoms with E-state index in [0.29, 0.717) is 13.0 Å². The van der Waals surface area contributed by atoms with Crippen molar-refractivity contribution in [3.05, 3.63) is 35.5 Å². The number of hydrogen-bond acceptors (Lipinski definition) is 4. The molecule has 0 spiro atoms. The molecule has 24 heavy (non-hydrogen) atoms. The fourth-order valence-corrected chi connectivity index (χ4v) is 2.19. The van der Waals surface area contributed by atoms with Crippen molar-refractivity contribution < 1.29 is 22.5 Å². The van der Waals surface area contributed by atoms with Gasteiger partial charge in [0, 0.05) is 12.5 Å². The van der Waals surface area contributed by atoms with Crippen LogP contribution in [0.1, 0.15) is 45.3 Å². The molecule has 1 aliphatic rings. The van der Waals surface area contributed by atoms with Crippen LogP contribution in [0, 0.1) is 5.92 Å². The van der Waals surface area contributed by atoms with Crippen molar-refractivity contribution in [3.8, 4) is 0 Å². The van der Waals surface area contributed by atoms with Gasteiger partial charge in [0.2, 0.25) is 5.91 Å². The molecule has 0 fully saturated rings. The Bertz CT molecular complexity index is 664. The van der Waals surface area contributed by atoms with Gasteiger partial charge in [-0.15, -0.1) is 0 Å². The molecule has 2 unspecified atom stereocenters. The number of allylic oxidation sites excluding steroid dienone is 2. The first-order valence-electron chi connectivity index (χ1n) is 7.73. The summed E-state index contributed by atoms with van der Waals surface area (Å²) in [6.45, 7) is 5.91. The highest BCUT2D eigenvalue weighted by Gasteiger charge is 2.41. The lowest BCUT2D eigenvalue weighted by Crippen LogP contribution is -2.31. The maximum Gasteiger partial charge on any atom is 0.471 e. The lowest BCUT2D eigenvalue weighted by atomic mass is 9.81. The lowest BCUT2D eigenvalue weighted by Gasteiger charge is -2.24. The van der Waals surface area contributed by atoms with Crippen molar-refractivity contribution in [1.82, 2.24) is 15.5 Å². The summed E-state index contributed by atoms with van der Waals surface area (Å²) in [6, 6.07) is 0. The molecule has 5 nitrogen and oxygen atoms in total. The van der Waals surface area contributed by atoms with Crippen LogP contribution < -0.4 is 5.32 Å². The van der Waals surface area contributed by atoms with Gasteiger partial charge in [-0.2, -0.15) is 18.2 Å². The highest BCUT2D eigenvalue weighted by Crippen LogP contribution is 2.34. The summed E-state index contributed by atoms with van der Waals surface area (Å²) in [4.78, 5) is 15.2. The van der Waals surface area contributed by atoms with E-state index in [1.165, 1.54) is 0 Å². The number of rotatable bonds is 5. The average molecular weight is 343 g/mol. The van der Waals surface area contributed by atoms with Crippen LogP contribution in [0.3, 0.4) is 0 Å². The van der Waals surface area contributed by atoms with Gasteiger partial charge in [0.25, 0.3) is 0 Å². The van der Waals surface area contributed by atoms with Crippen LogP contribution >= 0.6 is 0 Å². The molecule has 8 heteroatoms. The first kappa shape index (κ1) is 18.2. The van der Waals surface area contributed by atoms with E-state index < -0.39 is 17.5 Å². The number of halogens is 3. The van der Waals surface area contributed by atoms with Gasteiger partial charge < -0.3 is 9.84 Å². The third kappa shape index (κ3) is 4.04. The van der Waals surface area contributed by atoms with E-state index in [0.717, 1.165) is 12.0 Å². The van der Waals surface area contributed by atoms with Crippen molar-refractivity contribution in [3.63, 3.8) is 0 Å². The molecule has 2 atom stereocenters. The molecule has 1 aromatic rings. The van der Waals surface area contributed by atoms with Crippen LogP contribution in [0.25, 0.3) is 0 Å². The fraction of sp³-hybridized carbons (Fsp3) is 0.562. The molecule has 0 aliphatic heterocycles. The van der Waals surface area contributed by atoms with Crippen molar-refractivity contribution in [2.24, 2.45) is 5.92 Å². The second kappa shape index (κ2) is 6.78. The molecule has 0 saturated carbocycles. The highest BCUT2D eigenvalue weighted by molar-refractivity contribution is 5.78. The predicted octanol–water partition coefficient (Wildman–Crippen LogP) is 3.39. The number of aromatic nitrogens is 2. The van der Waals surface area contributed by atoms with Crippen LogP contribution in [0.15, 0.2) is 28.3 Å². The zero-order valence-corrected chi connectivity index (χ0v) is 13.8. The second-order valence-corrected chi connectivity index (χ2v) is 6.18. The zero-order chi connectivity index (χ0) is 18.0. The molecule has 0 saturated heterocycles. The van der Waals surface area contributed by atoms with Crippen LogP contribution in [0.4, 0.5) is 13.2 Å². The van der Waals surface area contributed by atoms with Crippen molar-refractivity contribution in [2.75, 3.05) is 6.54 Å². The summed E-state index contributed by atoms with van der Waals surface area (Å²) in [5, 5.41) is 6.29. The van der Waals surface area contributed by atoms with Gasteiger partial charge in [-0.25, -0.2) is 0 Å². The predicted molar refractivity (Wildman–Crippen MR) is 81.0 cm³/mol. The number of alkyl halides is 3. The smallest absolute Gasteiger partial charge is 0.352 e. The summed E-state index contributed by atoms with van der Waals surface area (Å²) < 4.78 is 42.0. The largest absolute Gasteiger partial charge is 0.471 e. The Balaban J connectivity index is 2.00. The topological polar surface area (TPSA) is 68.0 Å². The Morgan fingerprint density at radius 1 is 1.50 bits per heavy atom. The zero-order valence-electron chi connectivity index (χ0n) is 13.8. The number of nitrogens with zero attached hydrogens (tertiary/aromatic N) is 2. The van der Waals surface area contributed by atoms with E-state index in [-0.39, 0.29) is 17.6 Å². The van der Waals surface area contributed by atoms with Crippen LogP contribution in [0.5, 0.6) is 0 Å². The molecule has 1 amide bonds. The molecule has 1 aliphatic carbocycles. The molecule has 1 aromatic heterocycles. The number of nitrogens with one attached hydrogen (secondary N) is 1. The van der Waals surface area contributed by atoms with Gasteiger partial charge in [0.05, 0.1) is 5.41 Å². The third-order valence-corrected chi connectivity index (χ3v) is 4.16. The fourth-order valence-electron chi connectivity index (χ4n) is 2.19. The normalized spacial score (nSPS) is 22.2. The molecular weight excluding hydrogens is 323 g/mol. The molecule has 132 valence electrons. The lowest BCUT2D eigenvalue weighted by molar-refractivity contribution is -0.159. The minimum absolute atomic E-state index is 0.00924. The quantitative estimate of drug-likeness (QED) is 0.890. The molecule has 0 bridgehead atoms. The number of carbonyl (C=O) groups is 1. The minimum Gasteiger partial charge on any atom is -0.352 e. The highest BCUT2D eigenvalue weighted by atomic mass is 19.4. The van der Waals surface area contributed by atoms with Gasteiger partial charge >= 0.3 is 12.1 Å². The molecule has 0 radical (unpaired) electrons. The van der Waals surface area contributed by atoms with Gasteiger partial charge in [-0.3, -0.25) is 4.79 Å². The molecular formula is C16H20F3N3O2. The summed E-state index contributed by atoms with van der Waals surface area (Å²) in [5.41, 5.74) is 0.126. The van der Waals surface area contributed by atoms with Gasteiger partial charge in [-0.1, -0.05) is 37.2 Å². The van der Waals surface area contributed by atoms with E-state index in [1.54, 1.807) is 19.1 Å². The molecule has 0 aromatic carbocycles. The van der Waals surface area contributed by atoms with E-state index in [4.69, 9.17) is 0 Å². The van der Waals surface area contributed by atoms with Crippen molar-refractivity contribution >= 4 is 5.91 Å². The Kier molecular flexibility index (Phi) is 5.15. The van der Waals surface area contributed by atoms with Gasteiger partial charge in [0.1, 0.15) is 0 Å². The van der Waals surface area contributed by atoms with E-state index in [9.17, 15) is 18.0 Å². The molecule has 1 N–H and O–H groups in total. The summed E-state index contributed by atoms with van der Waals surface area (Å²) in [6.07, 6.45) is 1.90. The first-order valence-corrected chi connectivity index (χ1v) is 7.73. The van der Waals surface area contributed by atoms with E-state index in [2.05, 4.69) is 20.0 Å². The number of hydrogen-bond donors (Lipinski definition) is 1. The molecule has 2 rings (SSSR count). The third-order valence-electron chi connectivity index (χ3n) is 4.16. The first-order chi connectivity index (χ1) is 11.2. The number of amides is 1. The second-order valence-electron chi connectivity index (χ2n) is 6.18. The Hall–Kier alpha value is -2.12. The number of carbonyl (C=O) groups excluding carboxylic acids is 1. The Morgan fingerprint density at radius 2 is 2.21 bits per heavy atom. The summed E-state index contributed by atoms with van der Waals surface area (Å²) in [7, 11) is 0. The van der Waals surface area contributed by atoms with Crippen LogP contribution in [-0.2, 0) is 16.4 Å². The van der Waals surface area contributed by atoms with Crippen molar-refractivity contribution in [2.45, 2.75) is 45.2 Å². The Labute approximate surface area is 138 Å². The van der Waals surface area contributed by atoms with E-state index >= 15 is 0 Å². The van der Waals surface area contributed by atoms with Crippen LogP contribution in [-0.4, -0.2) is 22.6 Å². The van der Waals surface area contributed by atoms with Gasteiger partial charge in [-0.05, 0) is 25.3 Å². The summed E-state index contributed by atoms with van der Waals surface area (Å²) >= 11 is 0. The Morgan fingerprint density at radius 3 is 2.71 bits per heavy atom. The van der Waals surface area contributed by atoms with E-state index in [1.807, 2.05) is 19.9 Å². The summed E-state index contributed by atoms with van der Waals surface area (Å²) in [5.74, 6) is -1.43. The standard InChI is InChI=1S/C16H20F3N3O2/c1-4-10(2)12(23)20-9-11-5-7-15(3,8-6-11)13-21-14(24-22-13)16(17,18)19/h5-7,10H,4,8-9H2,1-3H3,(H,20,23). The van der Waals surface area contributed by atoms with Crippen LogP contribution in [0.2, 0.25) is 0 Å². The molecule has 1 heterocycles. The van der Waals surface area contributed by atoms with Gasteiger partial charge in [0.15, 0.2) is 5.82 Å². The monoisotopic (exact) mass is 343 g/mol. The maximum atomic E-state index is 12.6. The maximum absolute atomic E-state index is 12.6. The SMILES string of the molecule is CCC(C)C(=O)NCC1=CCC(C)(c2noc(C(F)(F)F)n2)C=C1. The average Bonchev–Trinajstić information content (AvgIpc) is 3.04. The minimum atomic E-state index is -4.65.